The molecule has 0 aliphatic carbocycles. The van der Waals surface area contributed by atoms with E-state index in [1.165, 1.54) is 10.9 Å². The van der Waals surface area contributed by atoms with E-state index in [1.807, 2.05) is 6.07 Å². The van der Waals surface area contributed by atoms with Crippen LogP contribution in [0.4, 0.5) is 0 Å². The van der Waals surface area contributed by atoms with Gasteiger partial charge in [-0.2, -0.15) is 5.26 Å². The molecule has 22 heavy (non-hydrogen) atoms. The lowest BCUT2D eigenvalue weighted by Gasteiger charge is -2.18. The number of ether oxygens (including phenoxy) is 1. The van der Waals surface area contributed by atoms with Crippen molar-refractivity contribution < 1.29 is 20.1 Å². The Balaban J connectivity index is 2.20. The standard InChI is InChI=1S/C12H12BrN5O4/c13-9-4(1-14)6-10(15)16-3-18(11(6)17-9)12-8(21)7(20)5(2-19)22-12/h3,5,7-8,12,15,17,19-21H,2H2/t5-,7?,8?,12-/m0/s1. The van der Waals surface area contributed by atoms with Crippen molar-refractivity contribution in [1.29, 1.82) is 10.7 Å². The Hall–Kier alpha value is -1.77. The van der Waals surface area contributed by atoms with E-state index in [4.69, 9.17) is 15.3 Å². The first-order valence-corrected chi connectivity index (χ1v) is 7.14. The minimum atomic E-state index is -1.28. The second kappa shape index (κ2) is 5.45. The first-order chi connectivity index (χ1) is 10.5. The molecule has 1 aliphatic heterocycles. The molecule has 0 bridgehead atoms. The normalized spacial score (nSPS) is 28.1. The lowest BCUT2D eigenvalue weighted by molar-refractivity contribution is -0.0515. The Morgan fingerprint density at radius 1 is 1.50 bits per heavy atom. The number of aliphatic hydroxyl groups is 3. The van der Waals surface area contributed by atoms with Gasteiger partial charge in [0, 0.05) is 0 Å². The highest BCUT2D eigenvalue weighted by atomic mass is 79.9. The molecule has 0 saturated carbocycles. The fourth-order valence-corrected chi connectivity index (χ4v) is 3.01. The Labute approximate surface area is 132 Å². The summed E-state index contributed by atoms with van der Waals surface area (Å²) < 4.78 is 7.22. The van der Waals surface area contributed by atoms with Crippen LogP contribution in [0.1, 0.15) is 11.8 Å². The summed E-state index contributed by atoms with van der Waals surface area (Å²) >= 11 is 3.20. The summed E-state index contributed by atoms with van der Waals surface area (Å²) in [5.74, 6) is 0. The van der Waals surface area contributed by atoms with Crippen LogP contribution in [0.3, 0.4) is 0 Å². The van der Waals surface area contributed by atoms with Crippen molar-refractivity contribution in [1.82, 2.24) is 14.5 Å². The molecule has 0 spiro atoms. The molecular formula is C12H12BrN5O4. The highest BCUT2D eigenvalue weighted by Crippen LogP contribution is 2.32. The average Bonchev–Trinajstić information content (AvgIpc) is 2.98. The zero-order valence-electron chi connectivity index (χ0n) is 11.1. The average molecular weight is 370 g/mol. The van der Waals surface area contributed by atoms with Gasteiger partial charge in [0.05, 0.1) is 17.6 Å². The van der Waals surface area contributed by atoms with Crippen LogP contribution < -0.4 is 5.49 Å². The predicted molar refractivity (Wildman–Crippen MR) is 75.4 cm³/mol. The van der Waals surface area contributed by atoms with Crippen molar-refractivity contribution in [2.45, 2.75) is 24.5 Å². The minimum Gasteiger partial charge on any atom is -0.394 e. The summed E-state index contributed by atoms with van der Waals surface area (Å²) in [4.78, 5) is 6.78. The van der Waals surface area contributed by atoms with Gasteiger partial charge in [0.2, 0.25) is 0 Å². The van der Waals surface area contributed by atoms with Crippen LogP contribution in [0.25, 0.3) is 11.0 Å². The second-order valence-corrected chi connectivity index (χ2v) is 5.67. The lowest BCUT2D eigenvalue weighted by Crippen LogP contribution is -2.33. The largest absolute Gasteiger partial charge is 0.394 e. The maximum absolute atomic E-state index is 10.1. The van der Waals surface area contributed by atoms with Crippen LogP contribution >= 0.6 is 15.9 Å². The Morgan fingerprint density at radius 3 is 2.82 bits per heavy atom. The summed E-state index contributed by atoms with van der Waals surface area (Å²) in [6.45, 7) is -0.444. The predicted octanol–water partition coefficient (Wildman–Crippen LogP) is -0.910. The number of nitriles is 1. The Morgan fingerprint density at radius 2 is 2.23 bits per heavy atom. The fraction of sp³-hybridized carbons (Fsp3) is 0.417. The van der Waals surface area contributed by atoms with Gasteiger partial charge in [-0.1, -0.05) is 0 Å². The van der Waals surface area contributed by atoms with Crippen LogP contribution in [0.15, 0.2) is 10.9 Å². The molecule has 1 fully saturated rings. The highest BCUT2D eigenvalue weighted by molar-refractivity contribution is 9.10. The van der Waals surface area contributed by atoms with E-state index < -0.39 is 31.1 Å². The molecule has 4 atom stereocenters. The smallest absolute Gasteiger partial charge is 0.165 e. The monoisotopic (exact) mass is 369 g/mol. The molecule has 0 aromatic carbocycles. The van der Waals surface area contributed by atoms with E-state index in [2.05, 4.69) is 25.9 Å². The van der Waals surface area contributed by atoms with E-state index >= 15 is 0 Å². The van der Waals surface area contributed by atoms with E-state index in [9.17, 15) is 15.5 Å². The zero-order valence-corrected chi connectivity index (χ0v) is 12.6. The number of hydrogen-bond acceptors (Lipinski definition) is 7. The third-order valence-corrected chi connectivity index (χ3v) is 4.24. The quantitative estimate of drug-likeness (QED) is 0.462. The molecule has 2 aromatic heterocycles. The molecular weight excluding hydrogens is 358 g/mol. The van der Waals surface area contributed by atoms with Gasteiger partial charge in [-0.05, 0) is 15.9 Å². The van der Waals surface area contributed by atoms with Gasteiger partial charge in [0.1, 0.15) is 41.0 Å². The molecule has 10 heteroatoms. The molecule has 0 radical (unpaired) electrons. The molecule has 3 heterocycles. The van der Waals surface area contributed by atoms with E-state index in [-0.39, 0.29) is 16.4 Å². The third kappa shape index (κ3) is 2.06. The summed E-state index contributed by atoms with van der Waals surface area (Å²) in [6, 6.07) is 1.97. The molecule has 5 N–H and O–H groups in total. The van der Waals surface area contributed by atoms with Crippen molar-refractivity contribution in [3.8, 4) is 6.07 Å². The maximum atomic E-state index is 10.1. The van der Waals surface area contributed by atoms with E-state index in [0.717, 1.165) is 0 Å². The second-order valence-electron chi connectivity index (χ2n) is 4.88. The number of aliphatic hydroxyl groups excluding tert-OH is 3. The van der Waals surface area contributed by atoms with Gasteiger partial charge in [-0.15, -0.1) is 0 Å². The number of nitrogens with zero attached hydrogens (tertiary/aromatic N) is 3. The fourth-order valence-electron chi connectivity index (χ4n) is 2.53. The Bertz CT molecular complexity index is 825. The van der Waals surface area contributed by atoms with Crippen LogP contribution in [-0.4, -0.2) is 54.8 Å². The van der Waals surface area contributed by atoms with Crippen molar-refractivity contribution >= 4 is 27.0 Å². The van der Waals surface area contributed by atoms with Crippen molar-refractivity contribution in [3.63, 3.8) is 0 Å². The number of nitrogens with one attached hydrogen (secondary N) is 2. The number of H-pyrrole nitrogens is 1. The number of hydrogen-bond donors (Lipinski definition) is 5. The van der Waals surface area contributed by atoms with Gasteiger partial charge >= 0.3 is 0 Å². The molecule has 2 unspecified atom stereocenters. The van der Waals surface area contributed by atoms with E-state index in [0.29, 0.717) is 10.3 Å². The van der Waals surface area contributed by atoms with Crippen molar-refractivity contribution in [2.75, 3.05) is 6.61 Å². The minimum absolute atomic E-state index is 0.100. The number of aromatic amines is 1. The number of rotatable bonds is 2. The van der Waals surface area contributed by atoms with Gasteiger partial charge in [0.25, 0.3) is 0 Å². The summed E-state index contributed by atoms with van der Waals surface area (Å²) in [5, 5.41) is 46.4. The van der Waals surface area contributed by atoms with Gasteiger partial charge < -0.3 is 25.0 Å². The summed E-state index contributed by atoms with van der Waals surface area (Å²) in [6.07, 6.45) is -3.18. The topological polar surface area (TPSA) is 151 Å². The number of halogens is 1. The zero-order chi connectivity index (χ0) is 16.0. The van der Waals surface area contributed by atoms with Crippen LogP contribution in [-0.2, 0) is 4.74 Å². The SMILES string of the molecule is N#Cc1c(Br)[nH]c2c1c(=N)ncn2[C@H]1O[C@@H](CO)C(O)C1O. The summed E-state index contributed by atoms with van der Waals surface area (Å²) in [7, 11) is 0. The Kier molecular flexibility index (Phi) is 3.75. The van der Waals surface area contributed by atoms with E-state index in [1.54, 1.807) is 0 Å². The molecule has 1 aliphatic rings. The lowest BCUT2D eigenvalue weighted by atomic mass is 10.1. The van der Waals surface area contributed by atoms with Crippen LogP contribution in [0, 0.1) is 16.7 Å². The van der Waals surface area contributed by atoms with Crippen LogP contribution in [0.2, 0.25) is 0 Å². The first-order valence-electron chi connectivity index (χ1n) is 6.35. The summed E-state index contributed by atoms with van der Waals surface area (Å²) in [5.41, 5.74) is 0.461. The molecule has 9 nitrogen and oxygen atoms in total. The first kappa shape index (κ1) is 15.1. The highest BCUT2D eigenvalue weighted by Gasteiger charge is 2.43. The van der Waals surface area contributed by atoms with Crippen LogP contribution in [0.5, 0.6) is 0 Å². The third-order valence-electron chi connectivity index (χ3n) is 3.64. The number of fused-ring (bicyclic) bond motifs is 1. The van der Waals surface area contributed by atoms with Gasteiger partial charge in [0.15, 0.2) is 11.7 Å². The van der Waals surface area contributed by atoms with Crippen molar-refractivity contribution in [3.05, 3.63) is 22.0 Å². The molecule has 1 saturated heterocycles. The molecule has 3 rings (SSSR count). The molecule has 2 aromatic rings. The molecule has 0 amide bonds. The number of aromatic nitrogens is 3. The molecule has 116 valence electrons. The van der Waals surface area contributed by atoms with Gasteiger partial charge in [-0.3, -0.25) is 9.98 Å². The van der Waals surface area contributed by atoms with Crippen molar-refractivity contribution in [2.24, 2.45) is 0 Å². The maximum Gasteiger partial charge on any atom is 0.165 e. The van der Waals surface area contributed by atoms with Gasteiger partial charge in [-0.25, -0.2) is 4.98 Å².